The number of alkyl carbamates (subject to hydrolysis) is 1. The minimum atomic E-state index is -0.603. The second kappa shape index (κ2) is 6.24. The van der Waals surface area contributed by atoms with Crippen LogP contribution in [0.2, 0.25) is 5.02 Å². The molecule has 0 bridgehead atoms. The number of nitrogens with one attached hydrogen (secondary N) is 2. The maximum absolute atomic E-state index is 11.0. The fourth-order valence-corrected chi connectivity index (χ4v) is 1.16. The molecule has 1 amide bonds. The number of nitrogens with zero attached hydrogens (tertiary/aromatic N) is 1. The van der Waals surface area contributed by atoms with Crippen molar-refractivity contribution in [2.75, 3.05) is 11.9 Å². The highest BCUT2D eigenvalue weighted by Crippen LogP contribution is 2.09. The molecule has 0 saturated carbocycles. The number of aromatic nitrogens is 1. The minimum absolute atomic E-state index is 0.119. The van der Waals surface area contributed by atoms with Gasteiger partial charge in [-0.2, -0.15) is 0 Å². The predicted molar refractivity (Wildman–Crippen MR) is 65.6 cm³/mol. The van der Waals surface area contributed by atoms with E-state index in [1.165, 1.54) is 6.20 Å². The number of anilines is 1. The first-order valence-corrected chi connectivity index (χ1v) is 5.26. The number of halogens is 1. The first-order chi connectivity index (χ1) is 7.61. The highest BCUT2D eigenvalue weighted by Gasteiger charge is 2.04. The Morgan fingerprint density at radius 3 is 2.94 bits per heavy atom. The van der Waals surface area contributed by atoms with E-state index in [4.69, 9.17) is 23.8 Å². The molecule has 5 nitrogen and oxygen atoms in total. The predicted octanol–water partition coefficient (Wildman–Crippen LogP) is 2.18. The summed E-state index contributed by atoms with van der Waals surface area (Å²) >= 11 is 10.5. The van der Waals surface area contributed by atoms with Gasteiger partial charge in [0, 0.05) is 6.20 Å². The topological polar surface area (TPSA) is 63.2 Å². The van der Waals surface area contributed by atoms with Crippen molar-refractivity contribution >= 4 is 40.8 Å². The number of pyridine rings is 1. The van der Waals surface area contributed by atoms with Crippen LogP contribution in [0, 0.1) is 0 Å². The van der Waals surface area contributed by atoms with Crippen LogP contribution in [0.4, 0.5) is 10.6 Å². The van der Waals surface area contributed by atoms with Gasteiger partial charge in [-0.1, -0.05) is 11.6 Å². The number of ether oxygens (including phenoxy) is 1. The maximum atomic E-state index is 11.0. The van der Waals surface area contributed by atoms with E-state index in [1.807, 2.05) is 0 Å². The second-order valence-electron chi connectivity index (χ2n) is 2.66. The number of thiocarbonyl (C=S) groups is 1. The van der Waals surface area contributed by atoms with Crippen molar-refractivity contribution in [3.8, 4) is 0 Å². The fourth-order valence-electron chi connectivity index (χ4n) is 0.857. The van der Waals surface area contributed by atoms with E-state index in [9.17, 15) is 4.79 Å². The molecule has 0 atom stereocenters. The van der Waals surface area contributed by atoms with E-state index in [2.05, 4.69) is 20.4 Å². The maximum Gasteiger partial charge on any atom is 0.413 e. The summed E-state index contributed by atoms with van der Waals surface area (Å²) in [6.07, 6.45) is 0.866. The third-order valence-electron chi connectivity index (χ3n) is 1.46. The number of hydrogen-bond donors (Lipinski definition) is 2. The Morgan fingerprint density at radius 1 is 1.62 bits per heavy atom. The number of carbonyl (C=O) groups is 1. The summed E-state index contributed by atoms with van der Waals surface area (Å²) in [5.74, 6) is 0.492. The molecule has 1 aromatic rings. The van der Waals surface area contributed by atoms with Crippen LogP contribution >= 0.6 is 23.8 Å². The molecule has 0 spiro atoms. The lowest BCUT2D eigenvalue weighted by Gasteiger charge is -2.08. The van der Waals surface area contributed by atoms with Gasteiger partial charge in [-0.05, 0) is 31.3 Å². The first kappa shape index (κ1) is 12.7. The van der Waals surface area contributed by atoms with Gasteiger partial charge in [0.25, 0.3) is 0 Å². The molecule has 0 aromatic carbocycles. The molecule has 16 heavy (non-hydrogen) atoms. The van der Waals surface area contributed by atoms with Crippen molar-refractivity contribution in [3.63, 3.8) is 0 Å². The van der Waals surface area contributed by atoms with E-state index in [-0.39, 0.29) is 11.7 Å². The second-order valence-corrected chi connectivity index (χ2v) is 3.51. The van der Waals surface area contributed by atoms with Crippen LogP contribution in [-0.4, -0.2) is 22.8 Å². The Kier molecular flexibility index (Phi) is 4.94. The molecule has 1 aromatic heterocycles. The third-order valence-corrected chi connectivity index (χ3v) is 1.89. The molecule has 0 aliphatic carbocycles. The Bertz CT molecular complexity index is 383. The molecule has 0 aliphatic heterocycles. The molecule has 0 radical (unpaired) electrons. The van der Waals surface area contributed by atoms with Crippen molar-refractivity contribution in [2.24, 2.45) is 0 Å². The Morgan fingerprint density at radius 2 is 2.38 bits per heavy atom. The Labute approximate surface area is 103 Å². The zero-order chi connectivity index (χ0) is 12.0. The molecular weight excluding hydrogens is 250 g/mol. The normalized spacial score (nSPS) is 9.38. The fraction of sp³-hybridized carbons (Fsp3) is 0.222. The summed E-state index contributed by atoms with van der Waals surface area (Å²) in [4.78, 5) is 14.9. The standard InChI is InChI=1S/C9H10ClN3O2S/c1-2-15-9(14)13-8(16)12-7-4-3-6(10)5-11-7/h3-5H,2H2,1H3,(H2,11,12,13,14,16). The minimum Gasteiger partial charge on any atom is -0.450 e. The van der Waals surface area contributed by atoms with Gasteiger partial charge in [-0.25, -0.2) is 9.78 Å². The zero-order valence-corrected chi connectivity index (χ0v) is 10.1. The van der Waals surface area contributed by atoms with E-state index < -0.39 is 6.09 Å². The van der Waals surface area contributed by atoms with E-state index >= 15 is 0 Å². The van der Waals surface area contributed by atoms with E-state index in [1.54, 1.807) is 19.1 Å². The van der Waals surface area contributed by atoms with Crippen LogP contribution in [0.5, 0.6) is 0 Å². The van der Waals surface area contributed by atoms with E-state index in [0.717, 1.165) is 0 Å². The summed E-state index contributed by atoms with van der Waals surface area (Å²) in [5.41, 5.74) is 0. The van der Waals surface area contributed by atoms with Crippen molar-refractivity contribution < 1.29 is 9.53 Å². The highest BCUT2D eigenvalue weighted by molar-refractivity contribution is 7.80. The number of rotatable bonds is 2. The first-order valence-electron chi connectivity index (χ1n) is 4.48. The van der Waals surface area contributed by atoms with Gasteiger partial charge in [0.1, 0.15) is 5.82 Å². The average molecular weight is 260 g/mol. The molecule has 2 N–H and O–H groups in total. The molecule has 0 aliphatic rings. The number of hydrogen-bond acceptors (Lipinski definition) is 4. The summed E-state index contributed by atoms with van der Waals surface area (Å²) in [6.45, 7) is 1.99. The van der Waals surface area contributed by atoms with Gasteiger partial charge >= 0.3 is 6.09 Å². The zero-order valence-electron chi connectivity index (χ0n) is 8.49. The lowest BCUT2D eigenvalue weighted by Crippen LogP contribution is -2.34. The molecule has 0 saturated heterocycles. The molecule has 0 fully saturated rings. The summed E-state index contributed by atoms with van der Waals surface area (Å²) in [7, 11) is 0. The van der Waals surface area contributed by atoms with Crippen molar-refractivity contribution in [2.45, 2.75) is 6.92 Å². The molecule has 0 unspecified atom stereocenters. The number of amides is 1. The molecule has 7 heteroatoms. The third kappa shape index (κ3) is 4.41. The molecule has 86 valence electrons. The van der Waals surface area contributed by atoms with Gasteiger partial charge in [0.2, 0.25) is 0 Å². The number of carbonyl (C=O) groups excluding carboxylic acids is 1. The van der Waals surface area contributed by atoms with E-state index in [0.29, 0.717) is 10.8 Å². The van der Waals surface area contributed by atoms with Crippen LogP contribution < -0.4 is 10.6 Å². The molecule has 1 heterocycles. The molecular formula is C9H10ClN3O2S. The monoisotopic (exact) mass is 259 g/mol. The van der Waals surface area contributed by atoms with Crippen LogP contribution in [0.1, 0.15) is 6.92 Å². The van der Waals surface area contributed by atoms with Crippen molar-refractivity contribution in [1.29, 1.82) is 0 Å². The van der Waals surface area contributed by atoms with Gasteiger partial charge in [-0.15, -0.1) is 0 Å². The SMILES string of the molecule is CCOC(=O)NC(=S)Nc1ccc(Cl)cn1. The summed E-state index contributed by atoms with van der Waals surface area (Å²) < 4.78 is 4.65. The van der Waals surface area contributed by atoms with Gasteiger partial charge in [0.05, 0.1) is 11.6 Å². The van der Waals surface area contributed by atoms with Crippen LogP contribution in [-0.2, 0) is 4.74 Å². The Balaban J connectivity index is 2.45. The largest absolute Gasteiger partial charge is 0.450 e. The van der Waals surface area contributed by atoms with Crippen LogP contribution in [0.3, 0.4) is 0 Å². The Hall–Kier alpha value is -1.40. The highest BCUT2D eigenvalue weighted by atomic mass is 35.5. The quantitative estimate of drug-likeness (QED) is 0.797. The van der Waals surface area contributed by atoms with Gasteiger partial charge < -0.3 is 10.1 Å². The van der Waals surface area contributed by atoms with Crippen molar-refractivity contribution in [3.05, 3.63) is 23.4 Å². The summed E-state index contributed by atoms with van der Waals surface area (Å²) in [6, 6.07) is 3.30. The summed E-state index contributed by atoms with van der Waals surface area (Å²) in [5, 5.41) is 5.68. The van der Waals surface area contributed by atoms with Crippen LogP contribution in [0.15, 0.2) is 18.3 Å². The smallest absolute Gasteiger partial charge is 0.413 e. The van der Waals surface area contributed by atoms with Gasteiger partial charge in [-0.3, -0.25) is 5.32 Å². The van der Waals surface area contributed by atoms with Gasteiger partial charge in [0.15, 0.2) is 5.11 Å². The van der Waals surface area contributed by atoms with Crippen molar-refractivity contribution in [1.82, 2.24) is 10.3 Å². The average Bonchev–Trinajstić information content (AvgIpc) is 2.21. The molecule has 1 rings (SSSR count). The lowest BCUT2D eigenvalue weighted by molar-refractivity contribution is 0.158. The lowest BCUT2D eigenvalue weighted by atomic mass is 10.5. The van der Waals surface area contributed by atoms with Crippen LogP contribution in [0.25, 0.3) is 0 Å².